The van der Waals surface area contributed by atoms with Crippen molar-refractivity contribution in [3.63, 3.8) is 0 Å². The van der Waals surface area contributed by atoms with Crippen LogP contribution < -0.4 is 25.0 Å². The third-order valence-electron chi connectivity index (χ3n) is 5.50. The Morgan fingerprint density at radius 1 is 0.795 bits per heavy atom. The predicted molar refractivity (Wildman–Crippen MR) is 149 cm³/mol. The number of esters is 1. The van der Waals surface area contributed by atoms with E-state index in [1.807, 2.05) is 24.3 Å². The van der Waals surface area contributed by atoms with Crippen LogP contribution in [0.15, 0.2) is 77.9 Å². The Bertz CT molecular complexity index is 1610. The van der Waals surface area contributed by atoms with E-state index >= 15 is 0 Å². The number of hydrazone groups is 1. The fraction of sp³-hybridized carbons (Fsp3) is 0.0714. The smallest absolute Gasteiger partial charge is 0.343 e. The lowest BCUT2D eigenvalue weighted by Gasteiger charge is -2.12. The first-order valence-electron chi connectivity index (χ1n) is 11.4. The van der Waals surface area contributed by atoms with Crippen LogP contribution in [0.3, 0.4) is 0 Å². The minimum absolute atomic E-state index is 0.187. The van der Waals surface area contributed by atoms with Crippen molar-refractivity contribution in [3.8, 4) is 17.2 Å². The Kier molecular flexibility index (Phi) is 8.65. The van der Waals surface area contributed by atoms with Crippen LogP contribution >= 0.6 is 23.2 Å². The molecule has 4 rings (SSSR count). The number of benzene rings is 4. The average Bonchev–Trinajstić information content (AvgIpc) is 2.95. The van der Waals surface area contributed by atoms with Crippen molar-refractivity contribution >= 4 is 63.7 Å². The highest BCUT2D eigenvalue weighted by molar-refractivity contribution is 6.43. The average molecular weight is 566 g/mol. The van der Waals surface area contributed by atoms with Crippen LogP contribution in [0.1, 0.15) is 15.9 Å². The molecule has 0 atom stereocenters. The lowest BCUT2D eigenvalue weighted by atomic mass is 10.0. The van der Waals surface area contributed by atoms with Gasteiger partial charge in [0, 0.05) is 11.3 Å². The van der Waals surface area contributed by atoms with E-state index in [1.54, 1.807) is 24.3 Å². The second-order valence-electron chi connectivity index (χ2n) is 7.94. The molecule has 2 N–H and O–H groups in total. The van der Waals surface area contributed by atoms with Gasteiger partial charge in [-0.05, 0) is 53.2 Å². The molecule has 0 unspecified atom stereocenters. The number of carbonyl (C=O) groups excluding carboxylic acids is 3. The Labute approximate surface area is 233 Å². The van der Waals surface area contributed by atoms with Gasteiger partial charge in [-0.3, -0.25) is 9.59 Å². The van der Waals surface area contributed by atoms with Crippen molar-refractivity contribution < 1.29 is 28.6 Å². The topological polar surface area (TPSA) is 115 Å². The molecule has 0 aliphatic carbocycles. The standard InChI is InChI=1S/C28H21Cl2N3O6/c1-37-24-12-8-17(13-25(24)38-2)28(36)39-23-11-7-16-5-3-4-6-19(16)20(23)15-31-33-27(35)26(34)32-18-9-10-21(29)22(30)14-18/h3-15H,1-2H3,(H,32,34)(H,33,35). The Balaban J connectivity index is 1.55. The number of carbonyl (C=O) groups is 3. The molecule has 0 aromatic heterocycles. The fourth-order valence-corrected chi connectivity index (χ4v) is 3.89. The molecule has 39 heavy (non-hydrogen) atoms. The Morgan fingerprint density at radius 3 is 2.28 bits per heavy atom. The zero-order valence-electron chi connectivity index (χ0n) is 20.7. The minimum atomic E-state index is -1.03. The molecule has 0 radical (unpaired) electrons. The lowest BCUT2D eigenvalue weighted by Crippen LogP contribution is -2.32. The number of halogens is 2. The molecule has 0 spiro atoms. The maximum Gasteiger partial charge on any atom is 0.343 e. The summed E-state index contributed by atoms with van der Waals surface area (Å²) in [5, 5.41) is 8.39. The first-order valence-corrected chi connectivity index (χ1v) is 12.1. The molecular weight excluding hydrogens is 545 g/mol. The lowest BCUT2D eigenvalue weighted by molar-refractivity contribution is -0.136. The van der Waals surface area contributed by atoms with Gasteiger partial charge < -0.3 is 19.5 Å². The Morgan fingerprint density at radius 2 is 1.54 bits per heavy atom. The van der Waals surface area contributed by atoms with E-state index in [0.29, 0.717) is 27.5 Å². The highest BCUT2D eigenvalue weighted by Crippen LogP contribution is 2.30. The maximum atomic E-state index is 13.0. The van der Waals surface area contributed by atoms with Crippen LogP contribution in [-0.4, -0.2) is 38.2 Å². The number of nitrogens with one attached hydrogen (secondary N) is 2. The van der Waals surface area contributed by atoms with Gasteiger partial charge in [0.25, 0.3) is 0 Å². The summed E-state index contributed by atoms with van der Waals surface area (Å²) < 4.78 is 16.1. The summed E-state index contributed by atoms with van der Waals surface area (Å²) in [6.07, 6.45) is 1.30. The van der Waals surface area contributed by atoms with E-state index in [1.165, 1.54) is 44.7 Å². The highest BCUT2D eigenvalue weighted by atomic mass is 35.5. The van der Waals surface area contributed by atoms with Gasteiger partial charge in [0.15, 0.2) is 11.5 Å². The third kappa shape index (κ3) is 6.46. The predicted octanol–water partition coefficient (Wildman–Crippen LogP) is 5.47. The van der Waals surface area contributed by atoms with E-state index in [4.69, 9.17) is 37.4 Å². The van der Waals surface area contributed by atoms with Gasteiger partial charge in [0.2, 0.25) is 0 Å². The van der Waals surface area contributed by atoms with Gasteiger partial charge in [-0.1, -0.05) is 53.5 Å². The monoisotopic (exact) mass is 565 g/mol. The quantitative estimate of drug-likeness (QED) is 0.101. The number of amides is 2. The van der Waals surface area contributed by atoms with E-state index in [9.17, 15) is 14.4 Å². The first-order chi connectivity index (χ1) is 18.8. The van der Waals surface area contributed by atoms with Gasteiger partial charge >= 0.3 is 17.8 Å². The van der Waals surface area contributed by atoms with Gasteiger partial charge in [-0.15, -0.1) is 0 Å². The largest absolute Gasteiger partial charge is 0.493 e. The number of anilines is 1. The van der Waals surface area contributed by atoms with Crippen molar-refractivity contribution in [1.29, 1.82) is 0 Å². The molecule has 0 saturated heterocycles. The van der Waals surface area contributed by atoms with Crippen LogP contribution in [0.5, 0.6) is 17.2 Å². The summed E-state index contributed by atoms with van der Waals surface area (Å²) >= 11 is 11.8. The number of rotatable bonds is 7. The summed E-state index contributed by atoms with van der Waals surface area (Å²) in [7, 11) is 2.95. The van der Waals surface area contributed by atoms with Gasteiger partial charge in [0.05, 0.1) is 36.0 Å². The molecule has 198 valence electrons. The molecule has 2 amide bonds. The molecule has 0 aliphatic rings. The van der Waals surface area contributed by atoms with E-state index in [2.05, 4.69) is 15.8 Å². The van der Waals surface area contributed by atoms with Gasteiger partial charge in [-0.25, -0.2) is 10.2 Å². The number of fused-ring (bicyclic) bond motifs is 1. The molecule has 4 aromatic carbocycles. The summed E-state index contributed by atoms with van der Waals surface area (Å²) in [4.78, 5) is 37.5. The van der Waals surface area contributed by atoms with Gasteiger partial charge in [-0.2, -0.15) is 5.10 Å². The zero-order valence-corrected chi connectivity index (χ0v) is 22.2. The number of nitrogens with zero attached hydrogens (tertiary/aromatic N) is 1. The normalized spacial score (nSPS) is 10.8. The fourth-order valence-electron chi connectivity index (χ4n) is 3.59. The minimum Gasteiger partial charge on any atom is -0.493 e. The van der Waals surface area contributed by atoms with Crippen molar-refractivity contribution in [2.24, 2.45) is 5.10 Å². The molecule has 0 aliphatic heterocycles. The highest BCUT2D eigenvalue weighted by Gasteiger charge is 2.17. The molecule has 0 fully saturated rings. The molecule has 4 aromatic rings. The molecule has 0 bridgehead atoms. The second kappa shape index (κ2) is 12.3. The summed E-state index contributed by atoms with van der Waals surface area (Å²) in [6.45, 7) is 0. The van der Waals surface area contributed by atoms with Crippen LogP contribution in [0, 0.1) is 0 Å². The zero-order chi connectivity index (χ0) is 27.9. The summed E-state index contributed by atoms with van der Waals surface area (Å²) in [5.41, 5.74) is 3.10. The Hall–Kier alpha value is -4.60. The van der Waals surface area contributed by atoms with Crippen LogP contribution in [0.4, 0.5) is 5.69 Å². The van der Waals surface area contributed by atoms with E-state index in [-0.39, 0.29) is 22.0 Å². The van der Waals surface area contributed by atoms with Crippen molar-refractivity contribution in [2.45, 2.75) is 0 Å². The van der Waals surface area contributed by atoms with Crippen molar-refractivity contribution in [3.05, 3.63) is 94.0 Å². The number of methoxy groups -OCH3 is 2. The summed E-state index contributed by atoms with van der Waals surface area (Å²) in [5.74, 6) is -1.62. The van der Waals surface area contributed by atoms with E-state index < -0.39 is 17.8 Å². The van der Waals surface area contributed by atoms with Gasteiger partial charge in [0.1, 0.15) is 5.75 Å². The number of hydrogen-bond donors (Lipinski definition) is 2. The number of hydrogen-bond acceptors (Lipinski definition) is 7. The molecule has 11 heteroatoms. The van der Waals surface area contributed by atoms with Crippen LogP contribution in [0.25, 0.3) is 10.8 Å². The number of ether oxygens (including phenoxy) is 3. The first kappa shape index (κ1) is 27.4. The van der Waals surface area contributed by atoms with Crippen molar-refractivity contribution in [2.75, 3.05) is 19.5 Å². The SMILES string of the molecule is COc1ccc(C(=O)Oc2ccc3ccccc3c2C=NNC(=O)C(=O)Nc2ccc(Cl)c(Cl)c2)cc1OC. The molecular formula is C28H21Cl2N3O6. The molecule has 0 heterocycles. The van der Waals surface area contributed by atoms with Crippen LogP contribution in [-0.2, 0) is 9.59 Å². The van der Waals surface area contributed by atoms with Crippen LogP contribution in [0.2, 0.25) is 10.0 Å². The molecule has 9 nitrogen and oxygen atoms in total. The molecule has 0 saturated carbocycles. The van der Waals surface area contributed by atoms with Crippen molar-refractivity contribution in [1.82, 2.24) is 5.43 Å². The van der Waals surface area contributed by atoms with E-state index in [0.717, 1.165) is 5.39 Å². The maximum absolute atomic E-state index is 13.0. The third-order valence-corrected chi connectivity index (χ3v) is 6.24. The second-order valence-corrected chi connectivity index (χ2v) is 8.75. The summed E-state index contributed by atoms with van der Waals surface area (Å²) in [6, 6.07) is 19.8.